The van der Waals surface area contributed by atoms with Crippen molar-refractivity contribution in [2.24, 2.45) is 5.92 Å². The lowest BCUT2D eigenvalue weighted by Crippen LogP contribution is -2.53. The zero-order valence-corrected chi connectivity index (χ0v) is 13.3. The van der Waals surface area contributed by atoms with Gasteiger partial charge in [0.25, 0.3) is 0 Å². The Labute approximate surface area is 127 Å². The van der Waals surface area contributed by atoms with Crippen LogP contribution >= 0.6 is 0 Å². The molecule has 1 atom stereocenters. The molecule has 0 aliphatic carbocycles. The van der Waals surface area contributed by atoms with Crippen LogP contribution in [0.5, 0.6) is 0 Å². The van der Waals surface area contributed by atoms with Crippen LogP contribution in [0.15, 0.2) is 0 Å². The fourth-order valence-electron chi connectivity index (χ4n) is 3.11. The summed E-state index contributed by atoms with van der Waals surface area (Å²) in [6, 6.07) is 0. The van der Waals surface area contributed by atoms with Crippen molar-refractivity contribution in [3.63, 3.8) is 0 Å². The van der Waals surface area contributed by atoms with Gasteiger partial charge in [0.05, 0.1) is 6.54 Å². The number of piperazine rings is 1. The highest BCUT2D eigenvalue weighted by Crippen LogP contribution is 2.10. The predicted octanol–water partition coefficient (Wildman–Crippen LogP) is -0.391. The summed E-state index contributed by atoms with van der Waals surface area (Å²) in [4.78, 5) is 30.5. The van der Waals surface area contributed by atoms with Gasteiger partial charge in [-0.2, -0.15) is 0 Å². The third-order valence-corrected chi connectivity index (χ3v) is 4.43. The normalized spacial score (nSPS) is 21.6. The van der Waals surface area contributed by atoms with Crippen LogP contribution in [0.3, 0.4) is 0 Å². The van der Waals surface area contributed by atoms with Gasteiger partial charge in [-0.3, -0.25) is 14.5 Å². The molecule has 0 aromatic carbocycles. The second kappa shape index (κ2) is 7.75. The first kappa shape index (κ1) is 16.2. The largest absolute Gasteiger partial charge is 0.339 e. The van der Waals surface area contributed by atoms with E-state index in [4.69, 9.17) is 0 Å². The Kier molecular flexibility index (Phi) is 5.99. The van der Waals surface area contributed by atoms with Crippen molar-refractivity contribution >= 4 is 11.8 Å². The van der Waals surface area contributed by atoms with Gasteiger partial charge < -0.3 is 15.1 Å². The van der Waals surface area contributed by atoms with Crippen LogP contribution in [-0.4, -0.2) is 85.9 Å². The maximum absolute atomic E-state index is 12.2. The average Bonchev–Trinajstić information content (AvgIpc) is 3.00. The number of hydrogen-bond donors (Lipinski definition) is 1. The Morgan fingerprint density at radius 1 is 1.00 bits per heavy atom. The van der Waals surface area contributed by atoms with E-state index in [-0.39, 0.29) is 17.7 Å². The highest BCUT2D eigenvalue weighted by Gasteiger charge is 2.27. The van der Waals surface area contributed by atoms with Gasteiger partial charge >= 0.3 is 0 Å². The fourth-order valence-corrected chi connectivity index (χ4v) is 3.11. The first-order chi connectivity index (χ1) is 10.1. The lowest BCUT2D eigenvalue weighted by molar-refractivity contribution is -0.142. The molecule has 2 aliphatic heterocycles. The molecule has 0 aromatic heterocycles. The molecule has 1 unspecified atom stereocenters. The summed E-state index contributed by atoms with van der Waals surface area (Å²) in [5.41, 5.74) is 0. The van der Waals surface area contributed by atoms with E-state index >= 15 is 0 Å². The van der Waals surface area contributed by atoms with Gasteiger partial charge in [0, 0.05) is 38.6 Å². The molecule has 2 rings (SSSR count). The van der Waals surface area contributed by atoms with E-state index in [0.29, 0.717) is 39.3 Å². The minimum atomic E-state index is 0.00171. The minimum Gasteiger partial charge on any atom is -0.339 e. The highest BCUT2D eigenvalue weighted by atomic mass is 16.2. The Morgan fingerprint density at radius 3 is 2.14 bits per heavy atom. The van der Waals surface area contributed by atoms with Gasteiger partial charge in [0.15, 0.2) is 0 Å². The molecule has 6 nitrogen and oxygen atoms in total. The second-order valence-corrected chi connectivity index (χ2v) is 6.15. The lowest BCUT2D eigenvalue weighted by atomic mass is 10.1. The van der Waals surface area contributed by atoms with E-state index in [2.05, 4.69) is 10.2 Å². The molecule has 6 heteroatoms. The lowest BCUT2D eigenvalue weighted by Gasteiger charge is -2.36. The summed E-state index contributed by atoms with van der Waals surface area (Å²) in [6.07, 6.45) is 2.41. The third-order valence-electron chi connectivity index (χ3n) is 4.43. The molecule has 2 fully saturated rings. The van der Waals surface area contributed by atoms with Crippen molar-refractivity contribution in [1.82, 2.24) is 20.0 Å². The first-order valence-electron chi connectivity index (χ1n) is 8.05. The molecular formula is C15H28N4O2. The zero-order valence-electron chi connectivity index (χ0n) is 13.3. The van der Waals surface area contributed by atoms with Crippen molar-refractivity contribution in [3.8, 4) is 0 Å². The third kappa shape index (κ3) is 4.41. The Bertz CT molecular complexity index is 361. The molecule has 120 valence electrons. The zero-order chi connectivity index (χ0) is 15.2. The number of nitrogens with one attached hydrogen (secondary N) is 1. The topological polar surface area (TPSA) is 55.9 Å². The van der Waals surface area contributed by atoms with Gasteiger partial charge in [-0.25, -0.2) is 0 Å². The van der Waals surface area contributed by atoms with E-state index < -0.39 is 0 Å². The van der Waals surface area contributed by atoms with E-state index in [9.17, 15) is 9.59 Å². The van der Waals surface area contributed by atoms with Crippen LogP contribution in [-0.2, 0) is 9.59 Å². The Balaban J connectivity index is 1.74. The monoisotopic (exact) mass is 296 g/mol. The number of carbonyl (C=O) groups is 2. The van der Waals surface area contributed by atoms with Crippen molar-refractivity contribution in [3.05, 3.63) is 0 Å². The van der Waals surface area contributed by atoms with Gasteiger partial charge in [-0.05, 0) is 33.0 Å². The number of likely N-dealkylation sites (tertiary alicyclic amines) is 1. The quantitative estimate of drug-likeness (QED) is 0.751. The molecule has 2 heterocycles. The second-order valence-electron chi connectivity index (χ2n) is 6.15. The average molecular weight is 296 g/mol. The van der Waals surface area contributed by atoms with Gasteiger partial charge in [0.1, 0.15) is 0 Å². The molecule has 21 heavy (non-hydrogen) atoms. The molecule has 0 radical (unpaired) electrons. The van der Waals surface area contributed by atoms with Gasteiger partial charge in [0.2, 0.25) is 11.8 Å². The van der Waals surface area contributed by atoms with Crippen molar-refractivity contribution in [2.45, 2.75) is 19.8 Å². The summed E-state index contributed by atoms with van der Waals surface area (Å²) < 4.78 is 0. The van der Waals surface area contributed by atoms with Crippen LogP contribution in [0, 0.1) is 5.92 Å². The summed E-state index contributed by atoms with van der Waals surface area (Å²) >= 11 is 0. The standard InChI is InChI=1S/C15H28N4O2/c1-13(11-16-2)15(21)19-9-7-18(8-10-19)14(20)12-17-5-3-4-6-17/h13,16H,3-12H2,1-2H3. The number of amides is 2. The maximum Gasteiger partial charge on any atom is 0.236 e. The summed E-state index contributed by atoms with van der Waals surface area (Å²) in [5.74, 6) is 0.408. The summed E-state index contributed by atoms with van der Waals surface area (Å²) in [5, 5.41) is 3.04. The number of carbonyl (C=O) groups excluding carboxylic acids is 2. The Morgan fingerprint density at radius 2 is 1.57 bits per heavy atom. The first-order valence-corrected chi connectivity index (χ1v) is 8.05. The van der Waals surface area contributed by atoms with Crippen molar-refractivity contribution < 1.29 is 9.59 Å². The van der Waals surface area contributed by atoms with Gasteiger partial charge in [-0.15, -0.1) is 0 Å². The van der Waals surface area contributed by atoms with E-state index in [1.54, 1.807) is 0 Å². The molecule has 2 amide bonds. The smallest absolute Gasteiger partial charge is 0.236 e. The van der Waals surface area contributed by atoms with E-state index in [1.165, 1.54) is 12.8 Å². The van der Waals surface area contributed by atoms with Gasteiger partial charge in [-0.1, -0.05) is 6.92 Å². The van der Waals surface area contributed by atoms with Crippen LogP contribution in [0.25, 0.3) is 0 Å². The molecular weight excluding hydrogens is 268 g/mol. The highest BCUT2D eigenvalue weighted by molar-refractivity contribution is 5.80. The predicted molar refractivity (Wildman–Crippen MR) is 81.9 cm³/mol. The summed E-state index contributed by atoms with van der Waals surface area (Å²) in [7, 11) is 1.86. The SMILES string of the molecule is CNCC(C)C(=O)N1CCN(C(=O)CN2CCCC2)CC1. The molecule has 2 saturated heterocycles. The van der Waals surface area contributed by atoms with Crippen LogP contribution in [0.1, 0.15) is 19.8 Å². The van der Waals surface area contributed by atoms with Crippen molar-refractivity contribution in [1.29, 1.82) is 0 Å². The molecule has 0 aromatic rings. The van der Waals surface area contributed by atoms with Crippen LogP contribution < -0.4 is 5.32 Å². The number of hydrogen-bond acceptors (Lipinski definition) is 4. The van der Waals surface area contributed by atoms with Crippen molar-refractivity contribution in [2.75, 3.05) is 59.4 Å². The van der Waals surface area contributed by atoms with Crippen LogP contribution in [0.2, 0.25) is 0 Å². The van der Waals surface area contributed by atoms with E-state index in [0.717, 1.165) is 13.1 Å². The molecule has 0 spiro atoms. The minimum absolute atomic E-state index is 0.00171. The molecule has 0 bridgehead atoms. The number of nitrogens with zero attached hydrogens (tertiary/aromatic N) is 3. The fraction of sp³-hybridized carbons (Fsp3) is 0.867. The number of rotatable bonds is 5. The van der Waals surface area contributed by atoms with E-state index in [1.807, 2.05) is 23.8 Å². The molecule has 2 aliphatic rings. The maximum atomic E-state index is 12.2. The van der Waals surface area contributed by atoms with Crippen LogP contribution in [0.4, 0.5) is 0 Å². The summed E-state index contributed by atoms with van der Waals surface area (Å²) in [6.45, 7) is 7.96. The molecule has 1 N–H and O–H groups in total. The molecule has 0 saturated carbocycles. The Hall–Kier alpha value is -1.14.